The summed E-state index contributed by atoms with van der Waals surface area (Å²) in [5.74, 6) is -0.258. The minimum absolute atomic E-state index is 0.258. The van der Waals surface area contributed by atoms with Gasteiger partial charge in [-0.3, -0.25) is 4.79 Å². The summed E-state index contributed by atoms with van der Waals surface area (Å²) < 4.78 is 0.681. The molecule has 0 aliphatic heterocycles. The summed E-state index contributed by atoms with van der Waals surface area (Å²) in [4.78, 5) is 12.2. The molecule has 3 nitrogen and oxygen atoms in total. The van der Waals surface area contributed by atoms with Crippen molar-refractivity contribution in [3.63, 3.8) is 0 Å². The maximum Gasteiger partial charge on any atom is 0.256 e. The third-order valence-electron chi connectivity index (χ3n) is 2.63. The van der Waals surface area contributed by atoms with Crippen LogP contribution in [0.3, 0.4) is 0 Å². The predicted molar refractivity (Wildman–Crippen MR) is 82.7 cm³/mol. The summed E-state index contributed by atoms with van der Waals surface area (Å²) >= 11 is 9.22. The number of amides is 1. The highest BCUT2D eigenvalue weighted by Crippen LogP contribution is 2.24. The number of nitrogens with two attached hydrogens (primary N) is 1. The topological polar surface area (TPSA) is 55.1 Å². The molecule has 3 N–H and O–H groups in total. The van der Waals surface area contributed by atoms with Gasteiger partial charge in [-0.25, -0.2) is 0 Å². The molecule has 0 atom stereocenters. The molecule has 1 amide bonds. The first-order valence-corrected chi connectivity index (χ1v) is 6.77. The minimum atomic E-state index is -0.258. The van der Waals surface area contributed by atoms with Crippen molar-refractivity contribution in [1.29, 1.82) is 0 Å². The SMILES string of the molecule is Cc1ccc(N)c(NC(=O)c2cc(Cl)ccc2Br)c1. The summed E-state index contributed by atoms with van der Waals surface area (Å²) in [6.07, 6.45) is 0. The van der Waals surface area contributed by atoms with Gasteiger partial charge in [0.25, 0.3) is 5.91 Å². The van der Waals surface area contributed by atoms with Gasteiger partial charge in [-0.15, -0.1) is 0 Å². The highest BCUT2D eigenvalue weighted by Gasteiger charge is 2.12. The molecule has 98 valence electrons. The van der Waals surface area contributed by atoms with Gasteiger partial charge in [-0.1, -0.05) is 17.7 Å². The van der Waals surface area contributed by atoms with Crippen molar-refractivity contribution in [3.8, 4) is 0 Å². The lowest BCUT2D eigenvalue weighted by Crippen LogP contribution is -2.14. The summed E-state index contributed by atoms with van der Waals surface area (Å²) in [5.41, 5.74) is 8.44. The largest absolute Gasteiger partial charge is 0.397 e. The molecule has 0 radical (unpaired) electrons. The molecule has 5 heteroatoms. The fourth-order valence-corrected chi connectivity index (χ4v) is 2.24. The number of anilines is 2. The van der Waals surface area contributed by atoms with Crippen molar-refractivity contribution in [2.24, 2.45) is 0 Å². The lowest BCUT2D eigenvalue weighted by molar-refractivity contribution is 0.102. The van der Waals surface area contributed by atoms with Crippen molar-refractivity contribution in [2.75, 3.05) is 11.1 Å². The Morgan fingerprint density at radius 2 is 2.00 bits per heavy atom. The van der Waals surface area contributed by atoms with Crippen molar-refractivity contribution in [3.05, 3.63) is 57.0 Å². The van der Waals surface area contributed by atoms with Gasteiger partial charge in [0, 0.05) is 9.50 Å². The van der Waals surface area contributed by atoms with Gasteiger partial charge in [-0.05, 0) is 58.7 Å². The van der Waals surface area contributed by atoms with Crippen molar-refractivity contribution in [1.82, 2.24) is 0 Å². The molecule has 0 heterocycles. The number of aryl methyl sites for hydroxylation is 1. The first kappa shape index (κ1) is 13.9. The molecule has 0 saturated heterocycles. The van der Waals surface area contributed by atoms with Gasteiger partial charge >= 0.3 is 0 Å². The number of rotatable bonds is 2. The van der Waals surface area contributed by atoms with Crippen LogP contribution in [0.4, 0.5) is 11.4 Å². The molecule has 0 aliphatic carbocycles. The molecule has 0 spiro atoms. The van der Waals surface area contributed by atoms with E-state index in [4.69, 9.17) is 17.3 Å². The highest BCUT2D eigenvalue weighted by molar-refractivity contribution is 9.10. The van der Waals surface area contributed by atoms with Crippen LogP contribution in [0.1, 0.15) is 15.9 Å². The lowest BCUT2D eigenvalue weighted by atomic mass is 10.1. The fourth-order valence-electron chi connectivity index (χ4n) is 1.64. The Labute approximate surface area is 124 Å². The Morgan fingerprint density at radius 3 is 2.74 bits per heavy atom. The van der Waals surface area contributed by atoms with E-state index >= 15 is 0 Å². The van der Waals surface area contributed by atoms with Crippen molar-refractivity contribution >= 4 is 44.8 Å². The average molecular weight is 340 g/mol. The van der Waals surface area contributed by atoms with Gasteiger partial charge in [0.05, 0.1) is 16.9 Å². The van der Waals surface area contributed by atoms with E-state index in [1.165, 1.54) is 0 Å². The molecule has 0 aromatic heterocycles. The maximum absolute atomic E-state index is 12.2. The number of nitrogen functional groups attached to an aromatic ring is 1. The van der Waals surface area contributed by atoms with Crippen LogP contribution in [-0.4, -0.2) is 5.91 Å². The molecule has 2 rings (SSSR count). The monoisotopic (exact) mass is 338 g/mol. The van der Waals surface area contributed by atoms with Crippen LogP contribution in [-0.2, 0) is 0 Å². The molecule has 0 fully saturated rings. The Balaban J connectivity index is 2.30. The first-order valence-electron chi connectivity index (χ1n) is 5.60. The van der Waals surface area contributed by atoms with Gasteiger partial charge in [-0.2, -0.15) is 0 Å². The number of carbonyl (C=O) groups is 1. The zero-order valence-electron chi connectivity index (χ0n) is 10.2. The average Bonchev–Trinajstić information content (AvgIpc) is 2.36. The molecule has 0 saturated carbocycles. The predicted octanol–water partition coefficient (Wildman–Crippen LogP) is 4.25. The number of hydrogen-bond acceptors (Lipinski definition) is 2. The Bertz CT molecular complexity index is 643. The fraction of sp³-hybridized carbons (Fsp3) is 0.0714. The maximum atomic E-state index is 12.2. The molecule has 0 bridgehead atoms. The van der Waals surface area contributed by atoms with Crippen LogP contribution in [0.25, 0.3) is 0 Å². The lowest BCUT2D eigenvalue weighted by Gasteiger charge is -2.10. The Morgan fingerprint density at radius 1 is 1.26 bits per heavy atom. The normalized spacial score (nSPS) is 10.3. The Hall–Kier alpha value is -1.52. The number of nitrogens with one attached hydrogen (secondary N) is 1. The third kappa shape index (κ3) is 3.28. The van der Waals surface area contributed by atoms with Crippen LogP contribution in [0, 0.1) is 6.92 Å². The second-order valence-electron chi connectivity index (χ2n) is 4.17. The van der Waals surface area contributed by atoms with Crippen LogP contribution in [0.2, 0.25) is 5.02 Å². The van der Waals surface area contributed by atoms with E-state index in [9.17, 15) is 4.79 Å². The molecular weight excluding hydrogens is 328 g/mol. The standard InChI is InChI=1S/C14H12BrClN2O/c1-8-2-5-12(17)13(6-8)18-14(19)10-7-9(16)3-4-11(10)15/h2-7H,17H2,1H3,(H,18,19). The molecule has 0 aliphatic rings. The molecule has 2 aromatic rings. The van der Waals surface area contributed by atoms with E-state index in [-0.39, 0.29) is 5.91 Å². The number of benzene rings is 2. The smallest absolute Gasteiger partial charge is 0.256 e. The number of hydrogen-bond donors (Lipinski definition) is 2. The highest BCUT2D eigenvalue weighted by atomic mass is 79.9. The first-order chi connectivity index (χ1) is 8.97. The van der Waals surface area contributed by atoms with Crippen LogP contribution >= 0.6 is 27.5 Å². The molecule has 0 unspecified atom stereocenters. The molecular formula is C14H12BrClN2O. The molecule has 19 heavy (non-hydrogen) atoms. The van der Waals surface area contributed by atoms with E-state index in [2.05, 4.69) is 21.2 Å². The van der Waals surface area contributed by atoms with E-state index in [0.717, 1.165) is 5.56 Å². The van der Waals surface area contributed by atoms with E-state index in [0.29, 0.717) is 26.4 Å². The number of halogens is 2. The zero-order valence-corrected chi connectivity index (χ0v) is 12.5. The van der Waals surface area contributed by atoms with Gasteiger partial charge in [0.2, 0.25) is 0 Å². The minimum Gasteiger partial charge on any atom is -0.397 e. The van der Waals surface area contributed by atoms with E-state index in [1.54, 1.807) is 24.3 Å². The second-order valence-corrected chi connectivity index (χ2v) is 5.46. The Kier molecular flexibility index (Phi) is 4.12. The second kappa shape index (κ2) is 5.63. The summed E-state index contributed by atoms with van der Waals surface area (Å²) in [6.45, 7) is 1.93. The summed E-state index contributed by atoms with van der Waals surface area (Å²) in [5, 5.41) is 3.29. The van der Waals surface area contributed by atoms with Gasteiger partial charge in [0.15, 0.2) is 0 Å². The van der Waals surface area contributed by atoms with E-state index < -0.39 is 0 Å². The van der Waals surface area contributed by atoms with Crippen molar-refractivity contribution in [2.45, 2.75) is 6.92 Å². The van der Waals surface area contributed by atoms with Crippen LogP contribution in [0.15, 0.2) is 40.9 Å². The summed E-state index contributed by atoms with van der Waals surface area (Å²) in [6, 6.07) is 10.5. The number of carbonyl (C=O) groups excluding carboxylic acids is 1. The zero-order chi connectivity index (χ0) is 14.0. The molecule has 2 aromatic carbocycles. The van der Waals surface area contributed by atoms with Crippen LogP contribution in [0.5, 0.6) is 0 Å². The van der Waals surface area contributed by atoms with Crippen LogP contribution < -0.4 is 11.1 Å². The van der Waals surface area contributed by atoms with Crippen molar-refractivity contribution < 1.29 is 4.79 Å². The van der Waals surface area contributed by atoms with E-state index in [1.807, 2.05) is 19.1 Å². The summed E-state index contributed by atoms with van der Waals surface area (Å²) in [7, 11) is 0. The van der Waals surface area contributed by atoms with Gasteiger partial charge < -0.3 is 11.1 Å². The van der Waals surface area contributed by atoms with Gasteiger partial charge in [0.1, 0.15) is 0 Å². The third-order valence-corrected chi connectivity index (χ3v) is 3.56. The quantitative estimate of drug-likeness (QED) is 0.804.